The molecule has 0 spiro atoms. The Morgan fingerprint density at radius 3 is 2.85 bits per heavy atom. The predicted molar refractivity (Wildman–Crippen MR) is 97.6 cm³/mol. The van der Waals surface area contributed by atoms with Crippen molar-refractivity contribution in [2.45, 2.75) is 16.6 Å². The van der Waals surface area contributed by atoms with Gasteiger partial charge in [0.25, 0.3) is 5.69 Å². The Morgan fingerprint density at radius 2 is 2.12 bits per heavy atom. The fourth-order valence-electron chi connectivity index (χ4n) is 2.50. The number of nitro benzene ring substituents is 1. The average molecular weight is 373 g/mol. The van der Waals surface area contributed by atoms with Gasteiger partial charge in [0.2, 0.25) is 11.8 Å². The molecule has 1 atom stereocenters. The number of nitrogens with one attached hydrogen (secondary N) is 2. The molecule has 9 heteroatoms. The number of hydrogen-bond donors (Lipinski definition) is 2. The van der Waals surface area contributed by atoms with Gasteiger partial charge in [-0.15, -0.1) is 11.8 Å². The van der Waals surface area contributed by atoms with Crippen molar-refractivity contribution in [3.63, 3.8) is 0 Å². The van der Waals surface area contributed by atoms with Crippen LogP contribution in [-0.4, -0.2) is 29.1 Å². The van der Waals surface area contributed by atoms with Gasteiger partial charge in [-0.25, -0.2) is 0 Å². The van der Waals surface area contributed by atoms with E-state index >= 15 is 0 Å². The van der Waals surface area contributed by atoms with E-state index in [1.165, 1.54) is 37.1 Å². The largest absolute Gasteiger partial charge is 0.495 e. The van der Waals surface area contributed by atoms with E-state index in [9.17, 15) is 19.7 Å². The highest BCUT2D eigenvalue weighted by Crippen LogP contribution is 2.37. The van der Waals surface area contributed by atoms with Gasteiger partial charge >= 0.3 is 0 Å². The second-order valence-corrected chi connectivity index (χ2v) is 6.73. The molecule has 0 radical (unpaired) electrons. The molecular formula is C17H15N3O5S. The quantitative estimate of drug-likeness (QED) is 0.616. The van der Waals surface area contributed by atoms with Crippen LogP contribution in [0.25, 0.3) is 0 Å². The molecular weight excluding hydrogens is 358 g/mol. The monoisotopic (exact) mass is 373 g/mol. The molecule has 0 aromatic heterocycles. The first kappa shape index (κ1) is 17.7. The third kappa shape index (κ3) is 3.77. The molecule has 2 N–H and O–H groups in total. The molecule has 0 saturated carbocycles. The molecule has 0 bridgehead atoms. The van der Waals surface area contributed by atoms with E-state index in [0.29, 0.717) is 5.75 Å². The van der Waals surface area contributed by atoms with Crippen LogP contribution in [0, 0.1) is 10.1 Å². The molecule has 2 aromatic carbocycles. The van der Waals surface area contributed by atoms with Crippen LogP contribution >= 0.6 is 11.8 Å². The van der Waals surface area contributed by atoms with E-state index in [-0.39, 0.29) is 23.7 Å². The summed E-state index contributed by atoms with van der Waals surface area (Å²) in [6.45, 7) is 0. The Labute approximate surface area is 153 Å². The maximum Gasteiger partial charge on any atom is 0.271 e. The zero-order valence-electron chi connectivity index (χ0n) is 13.7. The van der Waals surface area contributed by atoms with Crippen molar-refractivity contribution in [2.24, 2.45) is 0 Å². The summed E-state index contributed by atoms with van der Waals surface area (Å²) in [5.74, 6) is -0.388. The summed E-state index contributed by atoms with van der Waals surface area (Å²) in [4.78, 5) is 35.8. The summed E-state index contributed by atoms with van der Waals surface area (Å²) in [6, 6.07) is 11.3. The molecule has 1 aliphatic rings. The first-order valence-electron chi connectivity index (χ1n) is 7.67. The van der Waals surface area contributed by atoms with Crippen LogP contribution in [0.1, 0.15) is 6.42 Å². The second-order valence-electron chi connectivity index (χ2n) is 5.49. The van der Waals surface area contributed by atoms with Gasteiger partial charge in [0.15, 0.2) is 0 Å². The Hall–Kier alpha value is -3.07. The number of non-ortho nitro benzene ring substituents is 1. The van der Waals surface area contributed by atoms with Crippen LogP contribution in [0.2, 0.25) is 0 Å². The number of amides is 2. The summed E-state index contributed by atoms with van der Waals surface area (Å²) in [7, 11) is 1.40. The lowest BCUT2D eigenvalue weighted by Crippen LogP contribution is -2.32. The third-order valence-electron chi connectivity index (χ3n) is 3.75. The molecule has 3 rings (SSSR count). The van der Waals surface area contributed by atoms with Crippen molar-refractivity contribution in [1.82, 2.24) is 0 Å². The normalized spacial score (nSPS) is 15.6. The van der Waals surface area contributed by atoms with E-state index in [1.807, 2.05) is 18.2 Å². The molecule has 0 saturated heterocycles. The van der Waals surface area contributed by atoms with Gasteiger partial charge < -0.3 is 15.4 Å². The summed E-state index contributed by atoms with van der Waals surface area (Å²) in [5.41, 5.74) is 0.743. The van der Waals surface area contributed by atoms with Crippen LogP contribution in [0.5, 0.6) is 5.75 Å². The van der Waals surface area contributed by atoms with Gasteiger partial charge in [0, 0.05) is 23.4 Å². The van der Waals surface area contributed by atoms with Crippen LogP contribution in [-0.2, 0) is 9.59 Å². The number of para-hydroxylation sites is 1. The van der Waals surface area contributed by atoms with Crippen molar-refractivity contribution in [2.75, 3.05) is 17.7 Å². The smallest absolute Gasteiger partial charge is 0.271 e. The van der Waals surface area contributed by atoms with Crippen molar-refractivity contribution < 1.29 is 19.2 Å². The number of nitrogens with zero attached hydrogens (tertiary/aromatic N) is 1. The summed E-state index contributed by atoms with van der Waals surface area (Å²) in [5, 5.41) is 15.7. The number of rotatable bonds is 5. The third-order valence-corrected chi connectivity index (χ3v) is 5.02. The molecule has 0 fully saturated rings. The molecule has 0 aliphatic carbocycles. The van der Waals surface area contributed by atoms with Crippen molar-refractivity contribution in [3.05, 3.63) is 52.6 Å². The molecule has 26 heavy (non-hydrogen) atoms. The number of thioether (sulfide) groups is 1. The van der Waals surface area contributed by atoms with Gasteiger partial charge in [0.1, 0.15) is 5.75 Å². The minimum absolute atomic E-state index is 0.0727. The van der Waals surface area contributed by atoms with Crippen LogP contribution in [0.3, 0.4) is 0 Å². The van der Waals surface area contributed by atoms with Crippen molar-refractivity contribution in [1.29, 1.82) is 0 Å². The highest BCUT2D eigenvalue weighted by molar-refractivity contribution is 8.01. The van der Waals surface area contributed by atoms with E-state index in [1.54, 1.807) is 6.07 Å². The molecule has 1 heterocycles. The van der Waals surface area contributed by atoms with Crippen LogP contribution < -0.4 is 15.4 Å². The van der Waals surface area contributed by atoms with Gasteiger partial charge in [-0.3, -0.25) is 19.7 Å². The number of ether oxygens (including phenoxy) is 1. The van der Waals surface area contributed by atoms with Crippen molar-refractivity contribution in [3.8, 4) is 5.75 Å². The zero-order chi connectivity index (χ0) is 18.7. The van der Waals surface area contributed by atoms with Crippen LogP contribution in [0.15, 0.2) is 47.4 Å². The minimum atomic E-state index is -0.588. The topological polar surface area (TPSA) is 111 Å². The number of hydrogen-bond acceptors (Lipinski definition) is 6. The number of fused-ring (bicyclic) bond motifs is 1. The number of carbonyl (C=O) groups is 2. The van der Waals surface area contributed by atoms with E-state index in [4.69, 9.17) is 4.74 Å². The highest BCUT2D eigenvalue weighted by Gasteiger charge is 2.29. The van der Waals surface area contributed by atoms with E-state index in [0.717, 1.165) is 10.6 Å². The van der Waals surface area contributed by atoms with E-state index in [2.05, 4.69) is 10.6 Å². The summed E-state index contributed by atoms with van der Waals surface area (Å²) in [6.07, 6.45) is -0.0727. The summed E-state index contributed by atoms with van der Waals surface area (Å²) < 4.78 is 5.12. The number of methoxy groups -OCH3 is 1. The molecule has 1 unspecified atom stereocenters. The Kier molecular flexibility index (Phi) is 5.08. The predicted octanol–water partition coefficient (Wildman–Crippen LogP) is 3.04. The van der Waals surface area contributed by atoms with Gasteiger partial charge in [-0.05, 0) is 18.2 Å². The highest BCUT2D eigenvalue weighted by atomic mass is 32.2. The Bertz CT molecular complexity index is 886. The maximum absolute atomic E-state index is 12.4. The lowest BCUT2D eigenvalue weighted by molar-refractivity contribution is -0.384. The number of anilines is 2. The first-order valence-corrected chi connectivity index (χ1v) is 8.54. The standard InChI is InChI=1S/C17H15N3O5S/c1-25-13-7-6-10(20(23)24)8-12(13)18-16(21)9-15-17(22)19-11-4-2-3-5-14(11)26-15/h2-8,15H,9H2,1H3,(H,18,21)(H,19,22). The molecule has 1 aliphatic heterocycles. The van der Waals surface area contributed by atoms with E-state index < -0.39 is 16.1 Å². The van der Waals surface area contributed by atoms with Gasteiger partial charge in [0.05, 0.1) is 28.7 Å². The first-order chi connectivity index (χ1) is 12.5. The molecule has 2 aromatic rings. The molecule has 134 valence electrons. The fraction of sp³-hybridized carbons (Fsp3) is 0.176. The summed E-state index contributed by atoms with van der Waals surface area (Å²) >= 11 is 1.31. The molecule has 2 amide bonds. The fourth-order valence-corrected chi connectivity index (χ4v) is 3.61. The number of benzene rings is 2. The SMILES string of the molecule is COc1ccc([N+](=O)[O-])cc1NC(=O)CC1Sc2ccccc2NC1=O. The Morgan fingerprint density at radius 1 is 1.35 bits per heavy atom. The number of carbonyl (C=O) groups excluding carboxylic acids is 2. The number of nitro groups is 1. The van der Waals surface area contributed by atoms with Crippen LogP contribution in [0.4, 0.5) is 17.1 Å². The van der Waals surface area contributed by atoms with Gasteiger partial charge in [-0.2, -0.15) is 0 Å². The maximum atomic E-state index is 12.4. The lowest BCUT2D eigenvalue weighted by atomic mass is 10.2. The Balaban J connectivity index is 1.72. The average Bonchev–Trinajstić information content (AvgIpc) is 2.62. The lowest BCUT2D eigenvalue weighted by Gasteiger charge is -2.23. The second kappa shape index (κ2) is 7.44. The zero-order valence-corrected chi connectivity index (χ0v) is 14.5. The van der Waals surface area contributed by atoms with Gasteiger partial charge in [-0.1, -0.05) is 12.1 Å². The molecule has 8 nitrogen and oxygen atoms in total. The minimum Gasteiger partial charge on any atom is -0.495 e. The van der Waals surface area contributed by atoms with Crippen molar-refractivity contribution >= 4 is 40.6 Å².